The smallest absolute Gasteiger partial charge is 0.178 e. The number of aryl methyl sites for hydroxylation is 1. The van der Waals surface area contributed by atoms with Crippen LogP contribution in [0.3, 0.4) is 0 Å². The van der Waals surface area contributed by atoms with Crippen molar-refractivity contribution in [1.29, 1.82) is 0 Å². The largest absolute Gasteiger partial charge is 0.497 e. The minimum atomic E-state index is 0.718. The van der Waals surface area contributed by atoms with Crippen LogP contribution in [0.5, 0.6) is 5.75 Å². The third kappa shape index (κ3) is 2.21. The summed E-state index contributed by atoms with van der Waals surface area (Å²) in [7, 11) is 1.65. The van der Waals surface area contributed by atoms with Crippen LogP contribution in [0.15, 0.2) is 34.9 Å². The first-order chi connectivity index (χ1) is 9.17. The van der Waals surface area contributed by atoms with E-state index >= 15 is 0 Å². The first kappa shape index (κ1) is 12.2. The molecule has 0 saturated carbocycles. The fourth-order valence-electron chi connectivity index (χ4n) is 1.94. The number of methoxy groups -OCH3 is 1. The number of hydrogen-bond donors (Lipinski definition) is 1. The van der Waals surface area contributed by atoms with Gasteiger partial charge in [-0.15, -0.1) is 0 Å². The number of imidazole rings is 1. The zero-order valence-electron chi connectivity index (χ0n) is 10.6. The number of ether oxygens (including phenoxy) is 1. The summed E-state index contributed by atoms with van der Waals surface area (Å²) in [6.07, 6.45) is 1.81. The number of aromatic amines is 1. The fourth-order valence-corrected chi connectivity index (χ4v) is 2.38. The Morgan fingerprint density at radius 3 is 2.89 bits per heavy atom. The highest BCUT2D eigenvalue weighted by atomic mass is 79.9. The standard InChI is InChI=1S/C14H12BrN3O/c1-8-5-12-14(16-7-8)18-13(17-12)10-6-9(19-2)3-4-11(10)15/h3-7H,1-2H3,(H,16,17,18). The molecule has 0 aliphatic heterocycles. The number of nitrogens with one attached hydrogen (secondary N) is 1. The predicted octanol–water partition coefficient (Wildman–Crippen LogP) is 3.70. The number of rotatable bonds is 2. The van der Waals surface area contributed by atoms with Gasteiger partial charge in [0.05, 0.1) is 12.6 Å². The number of H-pyrrole nitrogens is 1. The molecule has 0 spiro atoms. The summed E-state index contributed by atoms with van der Waals surface area (Å²) in [5, 5.41) is 0. The van der Waals surface area contributed by atoms with Crippen LogP contribution in [-0.2, 0) is 0 Å². The molecular weight excluding hydrogens is 306 g/mol. The fraction of sp³-hybridized carbons (Fsp3) is 0.143. The van der Waals surface area contributed by atoms with Gasteiger partial charge < -0.3 is 9.72 Å². The third-order valence-electron chi connectivity index (χ3n) is 2.90. The summed E-state index contributed by atoms with van der Waals surface area (Å²) in [5.74, 6) is 1.57. The summed E-state index contributed by atoms with van der Waals surface area (Å²) in [5.41, 5.74) is 3.71. The summed E-state index contributed by atoms with van der Waals surface area (Å²) in [4.78, 5) is 12.1. The summed E-state index contributed by atoms with van der Waals surface area (Å²) in [6.45, 7) is 2.01. The predicted molar refractivity (Wildman–Crippen MR) is 78.3 cm³/mol. The van der Waals surface area contributed by atoms with Crippen molar-refractivity contribution < 1.29 is 4.74 Å². The van der Waals surface area contributed by atoms with Crippen molar-refractivity contribution in [2.75, 3.05) is 7.11 Å². The molecule has 3 aromatic rings. The number of aromatic nitrogens is 3. The summed E-state index contributed by atoms with van der Waals surface area (Å²) < 4.78 is 6.21. The number of hydrogen-bond acceptors (Lipinski definition) is 3. The molecule has 0 unspecified atom stereocenters. The zero-order valence-corrected chi connectivity index (χ0v) is 12.2. The minimum Gasteiger partial charge on any atom is -0.497 e. The molecule has 0 saturated heterocycles. The lowest BCUT2D eigenvalue weighted by Gasteiger charge is -2.04. The SMILES string of the molecule is COc1ccc(Br)c(-c2nc3ncc(C)cc3[nH]2)c1. The normalized spacial score (nSPS) is 10.9. The number of halogens is 1. The molecule has 2 heterocycles. The second-order valence-electron chi connectivity index (χ2n) is 4.32. The maximum absolute atomic E-state index is 5.25. The molecule has 0 amide bonds. The highest BCUT2D eigenvalue weighted by Gasteiger charge is 2.10. The van der Waals surface area contributed by atoms with E-state index in [2.05, 4.69) is 30.9 Å². The Labute approximate surface area is 119 Å². The van der Waals surface area contributed by atoms with Crippen LogP contribution >= 0.6 is 15.9 Å². The average Bonchev–Trinajstić information content (AvgIpc) is 2.82. The molecule has 0 aliphatic carbocycles. The van der Waals surface area contributed by atoms with Crippen LogP contribution in [0.2, 0.25) is 0 Å². The van der Waals surface area contributed by atoms with Crippen LogP contribution in [0.1, 0.15) is 5.56 Å². The van der Waals surface area contributed by atoms with Gasteiger partial charge in [-0.05, 0) is 36.8 Å². The molecule has 96 valence electrons. The molecular formula is C14H12BrN3O. The van der Waals surface area contributed by atoms with E-state index in [0.29, 0.717) is 0 Å². The van der Waals surface area contributed by atoms with Gasteiger partial charge in [0.2, 0.25) is 0 Å². The van der Waals surface area contributed by atoms with Crippen molar-refractivity contribution in [3.63, 3.8) is 0 Å². The molecule has 5 heteroatoms. The maximum atomic E-state index is 5.25. The molecule has 0 aliphatic rings. The molecule has 4 nitrogen and oxygen atoms in total. The van der Waals surface area contributed by atoms with E-state index in [4.69, 9.17) is 4.74 Å². The van der Waals surface area contributed by atoms with Crippen LogP contribution in [0, 0.1) is 6.92 Å². The molecule has 0 fully saturated rings. The minimum absolute atomic E-state index is 0.718. The van der Waals surface area contributed by atoms with Gasteiger partial charge in [0, 0.05) is 16.2 Å². The molecule has 19 heavy (non-hydrogen) atoms. The Balaban J connectivity index is 2.18. The number of pyridine rings is 1. The van der Waals surface area contributed by atoms with Gasteiger partial charge in [-0.1, -0.05) is 15.9 Å². The summed E-state index contributed by atoms with van der Waals surface area (Å²) >= 11 is 3.53. The van der Waals surface area contributed by atoms with Crippen molar-refractivity contribution in [3.8, 4) is 17.1 Å². The van der Waals surface area contributed by atoms with Gasteiger partial charge in [0.1, 0.15) is 11.6 Å². The van der Waals surface area contributed by atoms with Gasteiger partial charge >= 0.3 is 0 Å². The maximum Gasteiger partial charge on any atom is 0.178 e. The first-order valence-electron chi connectivity index (χ1n) is 5.83. The average molecular weight is 318 g/mol. The lowest BCUT2D eigenvalue weighted by atomic mass is 10.2. The van der Waals surface area contributed by atoms with E-state index in [1.54, 1.807) is 7.11 Å². The van der Waals surface area contributed by atoms with E-state index in [1.165, 1.54) is 0 Å². The molecule has 1 N–H and O–H groups in total. The van der Waals surface area contributed by atoms with Gasteiger partial charge in [0.25, 0.3) is 0 Å². The molecule has 0 atom stereocenters. The Morgan fingerprint density at radius 2 is 2.11 bits per heavy atom. The number of fused-ring (bicyclic) bond motifs is 1. The molecule has 0 bridgehead atoms. The first-order valence-corrected chi connectivity index (χ1v) is 6.63. The van der Waals surface area contributed by atoms with Gasteiger partial charge in [0.15, 0.2) is 5.65 Å². The quantitative estimate of drug-likeness (QED) is 0.784. The van der Waals surface area contributed by atoms with Crippen LogP contribution < -0.4 is 4.74 Å². The van der Waals surface area contributed by atoms with Gasteiger partial charge in [-0.25, -0.2) is 9.97 Å². The van der Waals surface area contributed by atoms with Crippen molar-refractivity contribution in [3.05, 3.63) is 40.5 Å². The highest BCUT2D eigenvalue weighted by Crippen LogP contribution is 2.30. The van der Waals surface area contributed by atoms with Crippen molar-refractivity contribution in [2.45, 2.75) is 6.92 Å². The number of benzene rings is 1. The third-order valence-corrected chi connectivity index (χ3v) is 3.59. The van der Waals surface area contributed by atoms with Crippen molar-refractivity contribution >= 4 is 27.1 Å². The Morgan fingerprint density at radius 1 is 1.26 bits per heavy atom. The summed E-state index contributed by atoms with van der Waals surface area (Å²) in [6, 6.07) is 7.82. The Hall–Kier alpha value is -1.88. The number of nitrogens with zero attached hydrogens (tertiary/aromatic N) is 2. The Bertz CT molecular complexity index is 752. The second kappa shape index (κ2) is 4.66. The molecule has 2 aromatic heterocycles. The van der Waals surface area contributed by atoms with Crippen molar-refractivity contribution in [2.24, 2.45) is 0 Å². The second-order valence-corrected chi connectivity index (χ2v) is 5.17. The zero-order chi connectivity index (χ0) is 13.4. The van der Waals surface area contributed by atoms with E-state index in [0.717, 1.165) is 38.3 Å². The van der Waals surface area contributed by atoms with E-state index in [9.17, 15) is 0 Å². The van der Waals surface area contributed by atoms with Gasteiger partial charge in [-0.3, -0.25) is 0 Å². The Kier molecular flexibility index (Phi) is 2.98. The molecule has 0 radical (unpaired) electrons. The van der Waals surface area contributed by atoms with E-state index in [-0.39, 0.29) is 0 Å². The van der Waals surface area contributed by atoms with E-state index < -0.39 is 0 Å². The van der Waals surface area contributed by atoms with Crippen LogP contribution in [-0.4, -0.2) is 22.1 Å². The van der Waals surface area contributed by atoms with Crippen molar-refractivity contribution in [1.82, 2.24) is 15.0 Å². The highest BCUT2D eigenvalue weighted by molar-refractivity contribution is 9.10. The van der Waals surface area contributed by atoms with Crippen LogP contribution in [0.25, 0.3) is 22.6 Å². The van der Waals surface area contributed by atoms with E-state index in [1.807, 2.05) is 37.4 Å². The van der Waals surface area contributed by atoms with Gasteiger partial charge in [-0.2, -0.15) is 0 Å². The lowest BCUT2D eigenvalue weighted by Crippen LogP contribution is -1.86. The molecule has 1 aromatic carbocycles. The monoisotopic (exact) mass is 317 g/mol. The van der Waals surface area contributed by atoms with Crippen LogP contribution in [0.4, 0.5) is 0 Å². The lowest BCUT2D eigenvalue weighted by molar-refractivity contribution is 0.415. The molecule has 3 rings (SSSR count). The topological polar surface area (TPSA) is 50.8 Å².